The molecule has 0 saturated carbocycles. The second kappa shape index (κ2) is 8.99. The zero-order valence-corrected chi connectivity index (χ0v) is 15.3. The molecule has 3 aromatic rings. The van der Waals surface area contributed by atoms with Crippen molar-refractivity contribution in [3.05, 3.63) is 72.1 Å². The fraction of sp³-hybridized carbons (Fsp3) is 0.273. The summed E-state index contributed by atoms with van der Waals surface area (Å²) in [5, 5.41) is 0. The maximum absolute atomic E-state index is 5.74. The number of hydrogen-bond donors (Lipinski definition) is 0. The number of benzene rings is 2. The molecule has 4 heteroatoms. The van der Waals surface area contributed by atoms with Crippen molar-refractivity contribution in [2.45, 2.75) is 33.3 Å². The lowest BCUT2D eigenvalue weighted by molar-refractivity contribution is 0.292. The Balaban J connectivity index is 1.58. The third-order valence-corrected chi connectivity index (χ3v) is 4.04. The number of nitrogens with zero attached hydrogens (tertiary/aromatic N) is 2. The smallest absolute Gasteiger partial charge is 0.232 e. The van der Waals surface area contributed by atoms with E-state index in [1.165, 1.54) is 5.56 Å². The Morgan fingerprint density at radius 3 is 2.12 bits per heavy atom. The summed E-state index contributed by atoms with van der Waals surface area (Å²) in [5.41, 5.74) is 4.29. The summed E-state index contributed by atoms with van der Waals surface area (Å²) in [4.78, 5) is 8.81. The first kappa shape index (κ1) is 17.9. The Hall–Kier alpha value is -2.88. The van der Waals surface area contributed by atoms with Crippen LogP contribution in [0.3, 0.4) is 0 Å². The third-order valence-electron chi connectivity index (χ3n) is 4.04. The first-order valence-electron chi connectivity index (χ1n) is 9.04. The van der Waals surface area contributed by atoms with Gasteiger partial charge in [0.05, 0.1) is 24.7 Å². The van der Waals surface area contributed by atoms with Gasteiger partial charge in [0.15, 0.2) is 0 Å². The summed E-state index contributed by atoms with van der Waals surface area (Å²) < 4.78 is 11.2. The molecule has 2 aromatic carbocycles. The molecule has 0 radical (unpaired) electrons. The lowest BCUT2D eigenvalue weighted by Crippen LogP contribution is -1.98. The summed E-state index contributed by atoms with van der Waals surface area (Å²) in [6, 6.07) is 16.4. The number of ether oxygens (including phenoxy) is 2. The molecule has 0 fully saturated rings. The van der Waals surface area contributed by atoms with Crippen LogP contribution in [-0.4, -0.2) is 16.6 Å². The molecular formula is C22H24N2O2. The maximum Gasteiger partial charge on any atom is 0.232 e. The Morgan fingerprint density at radius 1 is 0.769 bits per heavy atom. The van der Waals surface area contributed by atoms with Crippen LogP contribution in [0.4, 0.5) is 0 Å². The SMILES string of the molecule is CCCc1ccc(COc2cnc(-c3ccc(OCC)cc3)cn2)cc1. The lowest BCUT2D eigenvalue weighted by Gasteiger charge is -2.07. The van der Waals surface area contributed by atoms with Crippen molar-refractivity contribution in [2.75, 3.05) is 6.61 Å². The number of rotatable bonds is 8. The van der Waals surface area contributed by atoms with Gasteiger partial charge in [0.2, 0.25) is 5.88 Å². The van der Waals surface area contributed by atoms with Crippen molar-refractivity contribution >= 4 is 0 Å². The molecule has 0 aliphatic heterocycles. The fourth-order valence-corrected chi connectivity index (χ4v) is 2.68. The van der Waals surface area contributed by atoms with E-state index in [2.05, 4.69) is 41.2 Å². The second-order valence-corrected chi connectivity index (χ2v) is 6.05. The van der Waals surface area contributed by atoms with Crippen LogP contribution in [0, 0.1) is 0 Å². The van der Waals surface area contributed by atoms with Gasteiger partial charge in [0, 0.05) is 5.56 Å². The molecule has 0 amide bonds. The molecule has 4 nitrogen and oxygen atoms in total. The van der Waals surface area contributed by atoms with Crippen LogP contribution in [0.25, 0.3) is 11.3 Å². The molecule has 0 saturated heterocycles. The lowest BCUT2D eigenvalue weighted by atomic mass is 10.1. The molecule has 0 aliphatic rings. The summed E-state index contributed by atoms with van der Waals surface area (Å²) >= 11 is 0. The van der Waals surface area contributed by atoms with E-state index in [1.807, 2.05) is 31.2 Å². The first-order valence-corrected chi connectivity index (χ1v) is 9.04. The molecule has 1 aromatic heterocycles. The molecule has 0 N–H and O–H groups in total. The quantitative estimate of drug-likeness (QED) is 0.570. The molecular weight excluding hydrogens is 324 g/mol. The van der Waals surface area contributed by atoms with Crippen LogP contribution in [0.15, 0.2) is 60.9 Å². The molecule has 0 aliphatic carbocycles. The van der Waals surface area contributed by atoms with Gasteiger partial charge < -0.3 is 9.47 Å². The highest BCUT2D eigenvalue weighted by Crippen LogP contribution is 2.21. The van der Waals surface area contributed by atoms with Crippen LogP contribution in [0.1, 0.15) is 31.4 Å². The average molecular weight is 348 g/mol. The number of aryl methyl sites for hydroxylation is 1. The number of aromatic nitrogens is 2. The van der Waals surface area contributed by atoms with Gasteiger partial charge in [-0.2, -0.15) is 0 Å². The van der Waals surface area contributed by atoms with E-state index < -0.39 is 0 Å². The molecule has 1 heterocycles. The topological polar surface area (TPSA) is 44.2 Å². The van der Waals surface area contributed by atoms with Crippen LogP contribution in [-0.2, 0) is 13.0 Å². The minimum absolute atomic E-state index is 0.490. The standard InChI is InChI=1S/C22H24N2O2/c1-3-5-17-6-8-18(9-7-17)16-26-22-15-23-21(14-24-22)19-10-12-20(13-11-19)25-4-2/h6-15H,3-5,16H2,1-2H3. The second-order valence-electron chi connectivity index (χ2n) is 6.05. The van der Waals surface area contributed by atoms with Gasteiger partial charge in [-0.1, -0.05) is 37.6 Å². The van der Waals surface area contributed by atoms with E-state index >= 15 is 0 Å². The highest BCUT2D eigenvalue weighted by Gasteiger charge is 2.03. The summed E-state index contributed by atoms with van der Waals surface area (Å²) in [6.07, 6.45) is 5.67. The molecule has 3 rings (SSSR count). The third kappa shape index (κ3) is 4.82. The van der Waals surface area contributed by atoms with Gasteiger partial charge in [0.1, 0.15) is 12.4 Å². The minimum atomic E-state index is 0.490. The van der Waals surface area contributed by atoms with Crippen molar-refractivity contribution in [3.63, 3.8) is 0 Å². The predicted molar refractivity (Wildman–Crippen MR) is 103 cm³/mol. The van der Waals surface area contributed by atoms with Crippen LogP contribution in [0.2, 0.25) is 0 Å². The van der Waals surface area contributed by atoms with Crippen molar-refractivity contribution in [1.82, 2.24) is 9.97 Å². The van der Waals surface area contributed by atoms with Gasteiger partial charge >= 0.3 is 0 Å². The summed E-state index contributed by atoms with van der Waals surface area (Å²) in [6.45, 7) is 5.31. The summed E-state index contributed by atoms with van der Waals surface area (Å²) in [5.74, 6) is 1.38. The van der Waals surface area contributed by atoms with Gasteiger partial charge in [-0.3, -0.25) is 0 Å². The van der Waals surface area contributed by atoms with Crippen molar-refractivity contribution < 1.29 is 9.47 Å². The van der Waals surface area contributed by atoms with Gasteiger partial charge in [-0.15, -0.1) is 0 Å². The van der Waals surface area contributed by atoms with E-state index in [0.29, 0.717) is 19.1 Å². The summed E-state index contributed by atoms with van der Waals surface area (Å²) in [7, 11) is 0. The Morgan fingerprint density at radius 2 is 1.50 bits per heavy atom. The Kier molecular flexibility index (Phi) is 6.20. The molecule has 0 atom stereocenters. The largest absolute Gasteiger partial charge is 0.494 e. The minimum Gasteiger partial charge on any atom is -0.494 e. The van der Waals surface area contributed by atoms with Crippen LogP contribution >= 0.6 is 0 Å². The van der Waals surface area contributed by atoms with Crippen molar-refractivity contribution in [3.8, 4) is 22.9 Å². The van der Waals surface area contributed by atoms with E-state index in [1.54, 1.807) is 12.4 Å². The molecule has 0 spiro atoms. The monoisotopic (exact) mass is 348 g/mol. The van der Waals surface area contributed by atoms with E-state index in [9.17, 15) is 0 Å². The zero-order chi connectivity index (χ0) is 18.2. The van der Waals surface area contributed by atoms with Gasteiger partial charge in [-0.25, -0.2) is 9.97 Å². The average Bonchev–Trinajstić information content (AvgIpc) is 2.69. The highest BCUT2D eigenvalue weighted by atomic mass is 16.5. The molecule has 26 heavy (non-hydrogen) atoms. The zero-order valence-electron chi connectivity index (χ0n) is 15.3. The van der Waals surface area contributed by atoms with Gasteiger partial charge in [-0.05, 0) is 48.7 Å². The maximum atomic E-state index is 5.74. The Labute approximate surface area is 154 Å². The molecule has 0 bridgehead atoms. The normalized spacial score (nSPS) is 10.5. The predicted octanol–water partition coefficient (Wildman–Crippen LogP) is 5.07. The van der Waals surface area contributed by atoms with Crippen molar-refractivity contribution in [2.24, 2.45) is 0 Å². The van der Waals surface area contributed by atoms with Crippen LogP contribution < -0.4 is 9.47 Å². The Bertz CT molecular complexity index is 797. The van der Waals surface area contributed by atoms with E-state index in [0.717, 1.165) is 35.4 Å². The fourth-order valence-electron chi connectivity index (χ4n) is 2.68. The highest BCUT2D eigenvalue weighted by molar-refractivity contribution is 5.59. The number of hydrogen-bond acceptors (Lipinski definition) is 4. The van der Waals surface area contributed by atoms with Gasteiger partial charge in [0.25, 0.3) is 0 Å². The first-order chi connectivity index (χ1) is 12.8. The molecule has 134 valence electrons. The van der Waals surface area contributed by atoms with Crippen LogP contribution in [0.5, 0.6) is 11.6 Å². The van der Waals surface area contributed by atoms with E-state index in [-0.39, 0.29) is 0 Å². The van der Waals surface area contributed by atoms with E-state index in [4.69, 9.17) is 9.47 Å². The molecule has 0 unspecified atom stereocenters. The van der Waals surface area contributed by atoms with Crippen molar-refractivity contribution in [1.29, 1.82) is 0 Å².